The minimum absolute atomic E-state index is 0.133. The predicted molar refractivity (Wildman–Crippen MR) is 94.9 cm³/mol. The lowest BCUT2D eigenvalue weighted by molar-refractivity contribution is 0.0954. The highest BCUT2D eigenvalue weighted by Crippen LogP contribution is 2.27. The summed E-state index contributed by atoms with van der Waals surface area (Å²) in [5.74, 6) is -0.409. The van der Waals surface area contributed by atoms with E-state index >= 15 is 0 Å². The van der Waals surface area contributed by atoms with E-state index in [1.165, 1.54) is 55.6 Å². The van der Waals surface area contributed by atoms with Crippen molar-refractivity contribution in [3.05, 3.63) is 46.2 Å². The number of carbonyl (C=O) groups excluding carboxylic acids is 1. The summed E-state index contributed by atoms with van der Waals surface area (Å²) >= 11 is 1.40. The largest absolute Gasteiger partial charge is 0.359 e. The first-order valence-electron chi connectivity index (χ1n) is 8.38. The van der Waals surface area contributed by atoms with E-state index in [0.717, 1.165) is 16.4 Å². The number of nitrogens with one attached hydrogen (secondary N) is 2. The van der Waals surface area contributed by atoms with Gasteiger partial charge in [0.05, 0.1) is 5.69 Å². The van der Waals surface area contributed by atoms with Crippen LogP contribution in [0.1, 0.15) is 53.0 Å². The summed E-state index contributed by atoms with van der Waals surface area (Å²) in [6.07, 6.45) is 6.17. The van der Waals surface area contributed by atoms with Crippen LogP contribution in [0.3, 0.4) is 0 Å². The van der Waals surface area contributed by atoms with Crippen LogP contribution in [0.2, 0.25) is 0 Å². The first kappa shape index (κ1) is 16.9. The van der Waals surface area contributed by atoms with E-state index in [-0.39, 0.29) is 11.7 Å². The Labute approximate surface area is 145 Å². The number of carbonyl (C=O) groups is 1. The van der Waals surface area contributed by atoms with Gasteiger partial charge < -0.3 is 10.6 Å². The van der Waals surface area contributed by atoms with Crippen LogP contribution in [0.4, 0.5) is 9.52 Å². The van der Waals surface area contributed by atoms with E-state index in [4.69, 9.17) is 0 Å². The Balaban J connectivity index is 1.59. The number of rotatable bonds is 5. The van der Waals surface area contributed by atoms with Crippen molar-refractivity contribution in [1.29, 1.82) is 0 Å². The van der Waals surface area contributed by atoms with Crippen molar-refractivity contribution in [2.45, 2.75) is 51.6 Å². The van der Waals surface area contributed by atoms with Gasteiger partial charge in [-0.15, -0.1) is 0 Å². The number of halogens is 1. The molecule has 3 rings (SSSR count). The van der Waals surface area contributed by atoms with Gasteiger partial charge in [-0.25, -0.2) is 9.37 Å². The maximum absolute atomic E-state index is 12.9. The summed E-state index contributed by atoms with van der Waals surface area (Å²) in [5.41, 5.74) is 1.61. The molecule has 6 heteroatoms. The summed E-state index contributed by atoms with van der Waals surface area (Å²) < 4.78 is 12.9. The summed E-state index contributed by atoms with van der Waals surface area (Å²) in [5, 5.41) is 7.16. The van der Waals surface area contributed by atoms with Crippen LogP contribution < -0.4 is 10.6 Å². The molecule has 0 aliphatic heterocycles. The monoisotopic (exact) mass is 347 g/mol. The fraction of sp³-hybridized carbons (Fsp3) is 0.444. The minimum atomic E-state index is -0.276. The molecule has 4 nitrogen and oxygen atoms in total. The van der Waals surface area contributed by atoms with Crippen LogP contribution in [-0.2, 0) is 6.54 Å². The highest BCUT2D eigenvalue weighted by atomic mass is 32.1. The van der Waals surface area contributed by atoms with Gasteiger partial charge in [0.15, 0.2) is 5.13 Å². The van der Waals surface area contributed by atoms with Gasteiger partial charge in [-0.05, 0) is 37.5 Å². The average Bonchev–Trinajstić information content (AvgIpc) is 2.95. The van der Waals surface area contributed by atoms with Gasteiger partial charge in [-0.2, -0.15) is 0 Å². The molecule has 1 aliphatic carbocycles. The summed E-state index contributed by atoms with van der Waals surface area (Å²) in [6.45, 7) is 2.23. The van der Waals surface area contributed by atoms with Gasteiger partial charge in [0.2, 0.25) is 0 Å². The summed E-state index contributed by atoms with van der Waals surface area (Å²) in [6, 6.07) is 6.60. The molecule has 24 heavy (non-hydrogen) atoms. The normalized spacial score (nSPS) is 15.2. The Kier molecular flexibility index (Phi) is 5.45. The Hall–Kier alpha value is -1.95. The molecule has 1 saturated carbocycles. The SMILES string of the molecule is Cc1nc(NC2CCCCC2)sc1C(=O)NCc1ccc(F)cc1. The smallest absolute Gasteiger partial charge is 0.263 e. The average molecular weight is 347 g/mol. The molecule has 1 aromatic heterocycles. The van der Waals surface area contributed by atoms with Gasteiger partial charge in [0, 0.05) is 12.6 Å². The lowest BCUT2D eigenvalue weighted by atomic mass is 9.96. The van der Waals surface area contributed by atoms with E-state index < -0.39 is 0 Å². The maximum atomic E-state index is 12.9. The van der Waals surface area contributed by atoms with Crippen LogP contribution in [-0.4, -0.2) is 16.9 Å². The van der Waals surface area contributed by atoms with Gasteiger partial charge in [-0.3, -0.25) is 4.79 Å². The highest BCUT2D eigenvalue weighted by Gasteiger charge is 2.18. The van der Waals surface area contributed by atoms with Gasteiger partial charge in [0.1, 0.15) is 10.7 Å². The third-order valence-corrected chi connectivity index (χ3v) is 5.39. The Morgan fingerprint density at radius 2 is 1.96 bits per heavy atom. The first-order valence-corrected chi connectivity index (χ1v) is 9.20. The number of nitrogens with zero attached hydrogens (tertiary/aromatic N) is 1. The molecule has 2 aromatic rings. The molecule has 1 aliphatic rings. The molecular formula is C18H22FN3OS. The van der Waals surface area contributed by atoms with Gasteiger partial charge in [0.25, 0.3) is 5.91 Å². The Morgan fingerprint density at radius 3 is 2.67 bits per heavy atom. The molecule has 0 spiro atoms. The molecule has 2 N–H and O–H groups in total. The van der Waals surface area contributed by atoms with Crippen LogP contribution >= 0.6 is 11.3 Å². The molecule has 1 aromatic carbocycles. The predicted octanol–water partition coefficient (Wildman–Crippen LogP) is 4.27. The number of benzene rings is 1. The zero-order valence-corrected chi connectivity index (χ0v) is 14.6. The van der Waals surface area contributed by atoms with E-state index in [2.05, 4.69) is 15.6 Å². The summed E-state index contributed by atoms with van der Waals surface area (Å²) in [4.78, 5) is 17.5. The molecule has 1 fully saturated rings. The van der Waals surface area contributed by atoms with E-state index in [1.54, 1.807) is 12.1 Å². The van der Waals surface area contributed by atoms with Crippen molar-refractivity contribution < 1.29 is 9.18 Å². The van der Waals surface area contributed by atoms with Crippen molar-refractivity contribution in [2.75, 3.05) is 5.32 Å². The number of hydrogen-bond acceptors (Lipinski definition) is 4. The van der Waals surface area contributed by atoms with Crippen molar-refractivity contribution in [3.63, 3.8) is 0 Å². The fourth-order valence-corrected chi connectivity index (χ4v) is 3.91. The topological polar surface area (TPSA) is 54.0 Å². The second-order valence-corrected chi connectivity index (χ2v) is 7.22. The number of aryl methyl sites for hydroxylation is 1. The van der Waals surface area contributed by atoms with E-state index in [9.17, 15) is 9.18 Å². The number of amides is 1. The van der Waals surface area contributed by atoms with Crippen molar-refractivity contribution in [3.8, 4) is 0 Å². The minimum Gasteiger partial charge on any atom is -0.359 e. The van der Waals surface area contributed by atoms with Crippen LogP contribution in [0.5, 0.6) is 0 Å². The Bertz CT molecular complexity index is 693. The van der Waals surface area contributed by atoms with Crippen molar-refractivity contribution in [2.24, 2.45) is 0 Å². The number of thiazole rings is 1. The van der Waals surface area contributed by atoms with Crippen LogP contribution in [0.15, 0.2) is 24.3 Å². The molecule has 0 unspecified atom stereocenters. The zero-order valence-electron chi connectivity index (χ0n) is 13.8. The molecule has 0 saturated heterocycles. The quantitative estimate of drug-likeness (QED) is 0.849. The maximum Gasteiger partial charge on any atom is 0.263 e. The second kappa shape index (κ2) is 7.75. The second-order valence-electron chi connectivity index (χ2n) is 6.22. The third-order valence-electron chi connectivity index (χ3n) is 4.30. The van der Waals surface area contributed by atoms with E-state index in [0.29, 0.717) is 17.5 Å². The Morgan fingerprint density at radius 1 is 1.25 bits per heavy atom. The highest BCUT2D eigenvalue weighted by molar-refractivity contribution is 7.17. The fourth-order valence-electron chi connectivity index (χ4n) is 2.96. The summed E-state index contributed by atoms with van der Waals surface area (Å²) in [7, 11) is 0. The number of anilines is 1. The molecule has 0 radical (unpaired) electrons. The standard InChI is InChI=1S/C18H22FN3OS/c1-12-16(17(23)20-11-13-7-9-14(19)10-8-13)24-18(21-12)22-15-5-3-2-4-6-15/h7-10,15H,2-6,11H2,1H3,(H,20,23)(H,21,22). The molecule has 1 heterocycles. The first-order chi connectivity index (χ1) is 11.6. The lowest BCUT2D eigenvalue weighted by Gasteiger charge is -2.22. The number of aromatic nitrogens is 1. The third kappa shape index (κ3) is 4.32. The lowest BCUT2D eigenvalue weighted by Crippen LogP contribution is -2.22. The molecule has 0 bridgehead atoms. The molecule has 1 amide bonds. The van der Waals surface area contributed by atoms with Crippen molar-refractivity contribution >= 4 is 22.4 Å². The zero-order chi connectivity index (χ0) is 16.9. The van der Waals surface area contributed by atoms with Gasteiger partial charge >= 0.3 is 0 Å². The van der Waals surface area contributed by atoms with Gasteiger partial charge in [-0.1, -0.05) is 42.7 Å². The molecule has 0 atom stereocenters. The van der Waals surface area contributed by atoms with E-state index in [1.807, 2.05) is 6.92 Å². The van der Waals surface area contributed by atoms with Crippen molar-refractivity contribution in [1.82, 2.24) is 10.3 Å². The van der Waals surface area contributed by atoms with Crippen LogP contribution in [0, 0.1) is 12.7 Å². The van der Waals surface area contributed by atoms with Crippen LogP contribution in [0.25, 0.3) is 0 Å². The molecule has 128 valence electrons. The number of hydrogen-bond donors (Lipinski definition) is 2. The molecular weight excluding hydrogens is 325 g/mol.